The summed E-state index contributed by atoms with van der Waals surface area (Å²) in [6, 6.07) is 25.2. The van der Waals surface area contributed by atoms with Crippen LogP contribution in [0.1, 0.15) is 111 Å². The molecule has 4 atom stereocenters. The van der Waals surface area contributed by atoms with Gasteiger partial charge in [0, 0.05) is 87.3 Å². The second-order valence-electron chi connectivity index (χ2n) is 21.8. The summed E-state index contributed by atoms with van der Waals surface area (Å²) in [4.78, 5) is 85.8. The van der Waals surface area contributed by atoms with Crippen LogP contribution >= 0.6 is 29.5 Å². The molecular formula is C61H86ClN11O8P2. The van der Waals surface area contributed by atoms with Crippen molar-refractivity contribution < 1.29 is 38.6 Å². The molecule has 5 N–H and O–H groups in total. The second-order valence-corrected chi connectivity index (χ2v) is 22.3. The molecule has 3 heterocycles. The quantitative estimate of drug-likeness (QED) is 0.0309. The van der Waals surface area contributed by atoms with E-state index in [0.29, 0.717) is 62.3 Å². The summed E-state index contributed by atoms with van der Waals surface area (Å²) in [7, 11) is 6.68. The Bertz CT molecular complexity index is 2910. The van der Waals surface area contributed by atoms with Crippen LogP contribution in [0.3, 0.4) is 0 Å². The standard InChI is InChI=1S/C41H59N7O6.C20H23ClN4O2.H4P2/c1-9-31-13-11-15-33(23-31)34-24-35(46-37(50)28-48(40(52)54-41(5,6)7)27-32-14-10-12-30(4)22-32)38(45-25-34)39(51)44-18-21-53-20-17-42-26-36(49)43-16-19-47(8)29(2)3;1-13-10-16(26)19-18(13)20(23-12-22-19)25-8-6-24(7-9-25)17(27)11-14-2-4-15(21)5-3-14;1-2/h10-15,22-25,29,42H,9,16-21,26-28H2,1-8H3,(H,43,49)(H,44,51)(H,46,50);2-5,12-13,16,26H,6-11H2,1H3;1-2H2/t;13-,16?;/m.1./s1. The topological polar surface area (TPSA) is 224 Å². The summed E-state index contributed by atoms with van der Waals surface area (Å²) in [5.41, 5.74) is 6.86. The number of anilines is 2. The monoisotopic (exact) mass is 1200 g/mol. The lowest BCUT2D eigenvalue weighted by atomic mass is 10.0. The number of fused-ring (bicyclic) bond motifs is 1. The fourth-order valence-corrected chi connectivity index (χ4v) is 9.37. The zero-order valence-corrected chi connectivity index (χ0v) is 52.7. The highest BCUT2D eigenvalue weighted by molar-refractivity contribution is 7.92. The number of aryl methyl sites for hydroxylation is 2. The minimum absolute atomic E-state index is 0.0218. The highest BCUT2D eigenvalue weighted by atomic mass is 35.5. The molecule has 0 bridgehead atoms. The van der Waals surface area contributed by atoms with Gasteiger partial charge >= 0.3 is 6.09 Å². The molecule has 0 radical (unpaired) electrons. The van der Waals surface area contributed by atoms with Crippen molar-refractivity contribution >= 4 is 70.7 Å². The van der Waals surface area contributed by atoms with Crippen molar-refractivity contribution in [3.05, 3.63) is 136 Å². The number of carbonyl (C=O) groups excluding carboxylic acids is 5. The van der Waals surface area contributed by atoms with Crippen LogP contribution in [-0.2, 0) is 43.2 Å². The highest BCUT2D eigenvalue weighted by Crippen LogP contribution is 2.43. The van der Waals surface area contributed by atoms with Crippen LogP contribution in [-0.4, -0.2) is 162 Å². The third-order valence-corrected chi connectivity index (χ3v) is 14.1. The third-order valence-electron chi connectivity index (χ3n) is 13.9. The number of rotatable bonds is 23. The Morgan fingerprint density at radius 1 is 0.843 bits per heavy atom. The Kier molecular flexibility index (Phi) is 27.7. The molecule has 2 aliphatic rings. The number of aromatic nitrogens is 3. The lowest BCUT2D eigenvalue weighted by molar-refractivity contribution is -0.130. The molecule has 450 valence electrons. The Morgan fingerprint density at radius 2 is 1.54 bits per heavy atom. The fourth-order valence-electron chi connectivity index (χ4n) is 9.25. The molecular weight excluding hydrogens is 1110 g/mol. The number of carbonyl (C=O) groups is 5. The van der Waals surface area contributed by atoms with Crippen LogP contribution in [0.5, 0.6) is 0 Å². The van der Waals surface area contributed by atoms with E-state index < -0.39 is 29.6 Å². The number of benzene rings is 3. The van der Waals surface area contributed by atoms with Gasteiger partial charge in [0.25, 0.3) is 5.91 Å². The predicted octanol–water partition coefficient (Wildman–Crippen LogP) is 8.00. The number of likely N-dealkylation sites (N-methyl/N-ethyl adjacent to an activating group) is 1. The van der Waals surface area contributed by atoms with Gasteiger partial charge in [0.2, 0.25) is 17.7 Å². The van der Waals surface area contributed by atoms with Crippen molar-refractivity contribution in [1.82, 2.24) is 45.6 Å². The zero-order valence-electron chi connectivity index (χ0n) is 49.7. The van der Waals surface area contributed by atoms with E-state index in [2.05, 4.69) is 91.6 Å². The second kappa shape index (κ2) is 34.0. The third kappa shape index (κ3) is 22.1. The number of nitrogens with one attached hydrogen (secondary N) is 4. The summed E-state index contributed by atoms with van der Waals surface area (Å²) in [5, 5.41) is 22.4. The number of aliphatic hydroxyl groups is 1. The van der Waals surface area contributed by atoms with Gasteiger partial charge in [0.15, 0.2) is 5.69 Å². The first kappa shape index (κ1) is 67.6. The molecule has 1 saturated heterocycles. The highest BCUT2D eigenvalue weighted by Gasteiger charge is 2.34. The lowest BCUT2D eigenvalue weighted by Gasteiger charge is -2.36. The smallest absolute Gasteiger partial charge is 0.411 e. The number of aliphatic hydroxyl groups excluding tert-OH is 1. The van der Waals surface area contributed by atoms with Crippen molar-refractivity contribution in [1.29, 1.82) is 0 Å². The van der Waals surface area contributed by atoms with E-state index in [4.69, 9.17) is 21.1 Å². The SMILES string of the molecule is CCc1cccc(-c2cnc(C(=O)NCCOCCNCC(=O)NCCN(C)C(C)C)c(NC(=O)CN(Cc3cccc(C)c3)C(=O)OC(C)(C)C)c2)c1.C[C@@H]1CC(O)c2ncnc(N3CCN(C(=O)Cc4ccc(Cl)cc4)CC3)c21.PP. The molecule has 5 amide bonds. The van der Waals surface area contributed by atoms with Crippen LogP contribution in [0.25, 0.3) is 11.1 Å². The lowest BCUT2D eigenvalue weighted by Crippen LogP contribution is -2.49. The first-order valence-electron chi connectivity index (χ1n) is 28.3. The van der Waals surface area contributed by atoms with Crippen LogP contribution in [0.2, 0.25) is 5.02 Å². The Hall–Kier alpha value is -6.17. The molecule has 22 heteroatoms. The minimum atomic E-state index is -0.768. The zero-order chi connectivity index (χ0) is 60.6. The molecule has 7 rings (SSSR count). The summed E-state index contributed by atoms with van der Waals surface area (Å²) >= 11 is 5.90. The molecule has 0 spiro atoms. The molecule has 1 aliphatic heterocycles. The minimum Gasteiger partial charge on any atom is -0.444 e. The molecule has 5 aromatic rings. The Balaban J connectivity index is 0.000000359. The summed E-state index contributed by atoms with van der Waals surface area (Å²) in [6.45, 7) is 21.1. The number of hydrogen-bond acceptors (Lipinski definition) is 14. The number of halogens is 1. The van der Waals surface area contributed by atoms with Crippen molar-refractivity contribution in [2.24, 2.45) is 0 Å². The van der Waals surface area contributed by atoms with Crippen LogP contribution in [0.4, 0.5) is 16.3 Å². The van der Waals surface area contributed by atoms with Crippen LogP contribution in [0.15, 0.2) is 91.4 Å². The van der Waals surface area contributed by atoms with Gasteiger partial charge in [-0.3, -0.25) is 24.1 Å². The molecule has 2 aromatic heterocycles. The van der Waals surface area contributed by atoms with Gasteiger partial charge in [-0.15, -0.1) is 17.9 Å². The number of amides is 5. The van der Waals surface area contributed by atoms with E-state index in [1.165, 1.54) is 11.2 Å². The van der Waals surface area contributed by atoms with E-state index in [9.17, 15) is 29.1 Å². The first-order chi connectivity index (χ1) is 39.7. The summed E-state index contributed by atoms with van der Waals surface area (Å²) in [6.07, 6.45) is 3.93. The van der Waals surface area contributed by atoms with Gasteiger partial charge in [-0.05, 0) is 108 Å². The maximum absolute atomic E-state index is 13.6. The molecule has 19 nitrogen and oxygen atoms in total. The summed E-state index contributed by atoms with van der Waals surface area (Å²) in [5.74, 6) is 0.196. The van der Waals surface area contributed by atoms with E-state index in [1.54, 1.807) is 33.0 Å². The van der Waals surface area contributed by atoms with Crippen LogP contribution < -0.4 is 26.2 Å². The van der Waals surface area contributed by atoms with Crippen molar-refractivity contribution in [2.75, 3.05) is 95.9 Å². The van der Waals surface area contributed by atoms with E-state index >= 15 is 0 Å². The number of hydrogen-bond donors (Lipinski definition) is 5. The van der Waals surface area contributed by atoms with Crippen molar-refractivity contribution in [3.8, 4) is 11.1 Å². The molecule has 1 fully saturated rings. The number of piperazine rings is 1. The van der Waals surface area contributed by atoms with E-state index in [0.717, 1.165) is 70.9 Å². The van der Waals surface area contributed by atoms with Gasteiger partial charge in [0.1, 0.15) is 24.3 Å². The molecule has 3 unspecified atom stereocenters. The summed E-state index contributed by atoms with van der Waals surface area (Å²) < 4.78 is 11.3. The average molecular weight is 1200 g/mol. The predicted molar refractivity (Wildman–Crippen MR) is 336 cm³/mol. The van der Waals surface area contributed by atoms with Gasteiger partial charge in [-0.25, -0.2) is 19.7 Å². The van der Waals surface area contributed by atoms with Crippen molar-refractivity contribution in [2.45, 2.75) is 105 Å². The van der Waals surface area contributed by atoms with Gasteiger partial charge in [-0.1, -0.05) is 91.7 Å². The van der Waals surface area contributed by atoms with Gasteiger partial charge in [-0.2, -0.15) is 0 Å². The number of pyridine rings is 1. The number of ether oxygens (including phenoxy) is 2. The maximum Gasteiger partial charge on any atom is 0.411 e. The van der Waals surface area contributed by atoms with Crippen LogP contribution in [0, 0.1) is 6.92 Å². The maximum atomic E-state index is 13.6. The largest absolute Gasteiger partial charge is 0.444 e. The molecule has 83 heavy (non-hydrogen) atoms. The molecule has 3 aromatic carbocycles. The van der Waals surface area contributed by atoms with Gasteiger partial charge in [0.05, 0.1) is 43.7 Å². The Labute approximate surface area is 500 Å². The molecule has 0 saturated carbocycles. The molecule has 1 aliphatic carbocycles. The first-order valence-corrected chi connectivity index (χ1v) is 31.3. The normalized spacial score (nSPS) is 14.6. The average Bonchev–Trinajstić information content (AvgIpc) is 3.96. The van der Waals surface area contributed by atoms with Gasteiger partial charge < -0.3 is 50.5 Å². The van der Waals surface area contributed by atoms with E-state index in [-0.39, 0.29) is 61.9 Å². The number of nitrogens with zero attached hydrogens (tertiary/aromatic N) is 7. The Morgan fingerprint density at radius 3 is 2.23 bits per heavy atom. The van der Waals surface area contributed by atoms with Crippen molar-refractivity contribution in [3.63, 3.8) is 0 Å². The van der Waals surface area contributed by atoms with E-state index in [1.807, 2.05) is 91.7 Å². The fraction of sp³-hybridized carbons (Fsp3) is 0.475.